The summed E-state index contributed by atoms with van der Waals surface area (Å²) in [6, 6.07) is 31.2. The number of unbranched alkanes of at least 4 members (excludes halogenated alkanes) is 5. The van der Waals surface area contributed by atoms with Gasteiger partial charge in [0, 0.05) is 0 Å². The summed E-state index contributed by atoms with van der Waals surface area (Å²) in [6.45, 7) is 2.28. The predicted octanol–water partition coefficient (Wildman–Crippen LogP) is 6.35. The predicted molar refractivity (Wildman–Crippen MR) is 122 cm³/mol. The van der Waals surface area contributed by atoms with Crippen LogP contribution in [0.4, 0.5) is 0 Å². The molecule has 0 radical (unpaired) electrons. The lowest BCUT2D eigenvalue weighted by molar-refractivity contribution is 0.608. The van der Waals surface area contributed by atoms with Crippen molar-refractivity contribution in [1.29, 1.82) is 0 Å². The molecule has 3 aromatic carbocycles. The summed E-state index contributed by atoms with van der Waals surface area (Å²) in [5.74, 6) is 0. The van der Waals surface area contributed by atoms with E-state index >= 15 is 0 Å². The number of aryl methyl sites for hydroxylation is 1. The Morgan fingerprint density at radius 3 is 1.70 bits per heavy atom. The largest absolute Gasteiger partial charge is 0.0654 e. The van der Waals surface area contributed by atoms with E-state index in [9.17, 15) is 0 Å². The van der Waals surface area contributed by atoms with Crippen molar-refractivity contribution in [3.8, 4) is 0 Å². The Kier molecular flexibility index (Phi) is 8.12. The SMILES string of the molecule is CCCCCCCCc1ccccc1P(c1ccccc1)c1ccccc1. The molecule has 0 amide bonds. The van der Waals surface area contributed by atoms with E-state index in [4.69, 9.17) is 0 Å². The maximum absolute atomic E-state index is 2.36. The van der Waals surface area contributed by atoms with Gasteiger partial charge in [-0.2, -0.15) is 0 Å². The minimum atomic E-state index is -0.497. The molecule has 0 aliphatic rings. The number of hydrogen-bond donors (Lipinski definition) is 0. The first kappa shape index (κ1) is 19.8. The van der Waals surface area contributed by atoms with Crippen LogP contribution in [-0.4, -0.2) is 0 Å². The smallest absolute Gasteiger partial charge is 0.0119 e. The van der Waals surface area contributed by atoms with Crippen molar-refractivity contribution >= 4 is 23.8 Å². The third-order valence-corrected chi connectivity index (χ3v) is 7.61. The molecular weight excluding hydrogens is 343 g/mol. The fourth-order valence-corrected chi connectivity index (χ4v) is 6.12. The molecule has 3 aromatic rings. The van der Waals surface area contributed by atoms with Crippen LogP contribution in [0.1, 0.15) is 51.0 Å². The maximum Gasteiger partial charge on any atom is -0.0119 e. The van der Waals surface area contributed by atoms with E-state index in [2.05, 4.69) is 91.9 Å². The average Bonchev–Trinajstić information content (AvgIpc) is 2.73. The first-order chi connectivity index (χ1) is 13.4. The summed E-state index contributed by atoms with van der Waals surface area (Å²) < 4.78 is 0. The molecule has 1 heteroatoms. The van der Waals surface area contributed by atoms with Crippen LogP contribution in [0.15, 0.2) is 84.9 Å². The Labute approximate surface area is 166 Å². The topological polar surface area (TPSA) is 0 Å². The second-order valence-corrected chi connectivity index (χ2v) is 9.34. The summed E-state index contributed by atoms with van der Waals surface area (Å²) in [7, 11) is -0.497. The Bertz CT molecular complexity index is 740. The lowest BCUT2D eigenvalue weighted by Crippen LogP contribution is -2.23. The van der Waals surface area contributed by atoms with E-state index in [1.165, 1.54) is 66.4 Å². The molecule has 0 N–H and O–H groups in total. The minimum Gasteiger partial charge on any atom is -0.0654 e. The van der Waals surface area contributed by atoms with Crippen molar-refractivity contribution < 1.29 is 0 Å². The van der Waals surface area contributed by atoms with Crippen LogP contribution in [0.3, 0.4) is 0 Å². The van der Waals surface area contributed by atoms with Crippen molar-refractivity contribution in [3.63, 3.8) is 0 Å². The van der Waals surface area contributed by atoms with Gasteiger partial charge >= 0.3 is 0 Å². The average molecular weight is 375 g/mol. The van der Waals surface area contributed by atoms with Crippen molar-refractivity contribution in [2.45, 2.75) is 51.9 Å². The molecule has 0 fully saturated rings. The van der Waals surface area contributed by atoms with E-state index in [0.717, 1.165) is 0 Å². The zero-order valence-electron chi connectivity index (χ0n) is 16.5. The van der Waals surface area contributed by atoms with Crippen LogP contribution in [0.5, 0.6) is 0 Å². The Hall–Kier alpha value is -1.91. The van der Waals surface area contributed by atoms with E-state index in [0.29, 0.717) is 0 Å². The van der Waals surface area contributed by atoms with E-state index < -0.39 is 7.92 Å². The highest BCUT2D eigenvalue weighted by atomic mass is 31.1. The molecule has 0 atom stereocenters. The lowest BCUT2D eigenvalue weighted by atomic mass is 10.1. The highest BCUT2D eigenvalue weighted by Crippen LogP contribution is 2.34. The third-order valence-electron chi connectivity index (χ3n) is 5.06. The van der Waals surface area contributed by atoms with Crippen LogP contribution >= 0.6 is 7.92 Å². The number of hydrogen-bond acceptors (Lipinski definition) is 0. The van der Waals surface area contributed by atoms with Gasteiger partial charge in [0.05, 0.1) is 0 Å². The minimum absolute atomic E-state index is 0.497. The highest BCUT2D eigenvalue weighted by molar-refractivity contribution is 7.79. The van der Waals surface area contributed by atoms with Crippen molar-refractivity contribution in [3.05, 3.63) is 90.5 Å². The summed E-state index contributed by atoms with van der Waals surface area (Å²) in [5, 5.41) is 4.40. The molecule has 0 saturated heterocycles. The quantitative estimate of drug-likeness (QED) is 0.287. The van der Waals surface area contributed by atoms with Gasteiger partial charge in [-0.25, -0.2) is 0 Å². The molecule has 27 heavy (non-hydrogen) atoms. The molecule has 0 spiro atoms. The van der Waals surface area contributed by atoms with Crippen molar-refractivity contribution in [2.24, 2.45) is 0 Å². The summed E-state index contributed by atoms with van der Waals surface area (Å²) in [4.78, 5) is 0. The van der Waals surface area contributed by atoms with Crippen molar-refractivity contribution in [2.75, 3.05) is 0 Å². The van der Waals surface area contributed by atoms with E-state index in [1.54, 1.807) is 0 Å². The van der Waals surface area contributed by atoms with Crippen LogP contribution in [-0.2, 0) is 6.42 Å². The van der Waals surface area contributed by atoms with E-state index in [1.807, 2.05) is 0 Å². The van der Waals surface area contributed by atoms with Crippen LogP contribution in [0.25, 0.3) is 0 Å². The van der Waals surface area contributed by atoms with Gasteiger partial charge in [-0.1, -0.05) is 124 Å². The molecule has 0 aliphatic carbocycles. The highest BCUT2D eigenvalue weighted by Gasteiger charge is 2.18. The third kappa shape index (κ3) is 5.78. The van der Waals surface area contributed by atoms with Gasteiger partial charge in [0.25, 0.3) is 0 Å². The maximum atomic E-state index is 2.36. The second kappa shape index (κ2) is 11.1. The van der Waals surface area contributed by atoms with Gasteiger partial charge in [0.2, 0.25) is 0 Å². The fourth-order valence-electron chi connectivity index (χ4n) is 3.62. The fraction of sp³-hybridized carbons (Fsp3) is 0.308. The first-order valence-corrected chi connectivity index (χ1v) is 11.7. The van der Waals surface area contributed by atoms with Gasteiger partial charge in [0.15, 0.2) is 0 Å². The Morgan fingerprint density at radius 1 is 0.556 bits per heavy atom. The van der Waals surface area contributed by atoms with E-state index in [-0.39, 0.29) is 0 Å². The van der Waals surface area contributed by atoms with Crippen LogP contribution < -0.4 is 15.9 Å². The van der Waals surface area contributed by atoms with Crippen LogP contribution in [0, 0.1) is 0 Å². The summed E-state index contributed by atoms with van der Waals surface area (Å²) in [6.07, 6.45) is 9.31. The molecule has 3 rings (SSSR count). The Balaban J connectivity index is 1.83. The van der Waals surface area contributed by atoms with Gasteiger partial charge in [-0.15, -0.1) is 0 Å². The molecule has 0 nitrogen and oxygen atoms in total. The molecule has 0 heterocycles. The molecule has 140 valence electrons. The molecule has 0 bridgehead atoms. The van der Waals surface area contributed by atoms with Gasteiger partial charge < -0.3 is 0 Å². The second-order valence-electron chi connectivity index (χ2n) is 7.15. The first-order valence-electron chi connectivity index (χ1n) is 10.4. The van der Waals surface area contributed by atoms with Gasteiger partial charge in [-0.3, -0.25) is 0 Å². The standard InChI is InChI=1S/C26H31P/c1-2-3-4-5-6-9-16-23-17-14-15-22-26(23)27(24-18-10-7-11-19-24)25-20-12-8-13-21-25/h7-8,10-15,17-22H,2-6,9,16H2,1H3. The summed E-state index contributed by atoms with van der Waals surface area (Å²) in [5.41, 5.74) is 1.53. The van der Waals surface area contributed by atoms with Crippen LogP contribution in [0.2, 0.25) is 0 Å². The monoisotopic (exact) mass is 374 g/mol. The summed E-state index contributed by atoms with van der Waals surface area (Å²) >= 11 is 0. The zero-order valence-corrected chi connectivity index (χ0v) is 17.4. The van der Waals surface area contributed by atoms with Gasteiger partial charge in [-0.05, 0) is 42.2 Å². The normalized spacial score (nSPS) is 11.0. The number of benzene rings is 3. The molecule has 0 unspecified atom stereocenters. The molecule has 0 aromatic heterocycles. The Morgan fingerprint density at radius 2 is 1.07 bits per heavy atom. The zero-order chi connectivity index (χ0) is 18.7. The van der Waals surface area contributed by atoms with Gasteiger partial charge in [0.1, 0.15) is 0 Å². The molecular formula is C26H31P. The number of rotatable bonds is 10. The lowest BCUT2D eigenvalue weighted by Gasteiger charge is -2.22. The molecule has 0 saturated carbocycles. The molecule has 0 aliphatic heterocycles. The van der Waals surface area contributed by atoms with Crippen molar-refractivity contribution in [1.82, 2.24) is 0 Å².